The fourth-order valence-corrected chi connectivity index (χ4v) is 4.95. The number of hydrogen-bond donors (Lipinski definition) is 0. The van der Waals surface area contributed by atoms with Crippen molar-refractivity contribution in [2.45, 2.75) is 8.68 Å². The molecule has 4 aromatic rings. The molecule has 0 amide bonds. The van der Waals surface area contributed by atoms with Crippen molar-refractivity contribution in [2.75, 3.05) is 0 Å². The van der Waals surface area contributed by atoms with Crippen LogP contribution >= 0.6 is 34.4 Å². The number of nitrogens with zero attached hydrogens (tertiary/aromatic N) is 3. The summed E-state index contributed by atoms with van der Waals surface area (Å²) in [5.74, 6) is 0. The molecule has 0 saturated carbocycles. The van der Waals surface area contributed by atoms with Gasteiger partial charge >= 0.3 is 0 Å². The Labute approximate surface area is 146 Å². The first-order valence-corrected chi connectivity index (χ1v) is 9.47. The molecule has 0 radical (unpaired) electrons. The zero-order valence-corrected chi connectivity index (χ0v) is 14.4. The maximum Gasteiger partial charge on any atom is 0.181 e. The molecule has 2 heterocycles. The maximum atomic E-state index is 4.68. The fourth-order valence-electron chi connectivity index (χ4n) is 2.07. The molecule has 0 fully saturated rings. The third-order valence-electron chi connectivity index (χ3n) is 3.15. The molecule has 0 bridgehead atoms. The minimum absolute atomic E-state index is 0.915. The average Bonchev–Trinajstić information content (AvgIpc) is 3.27. The second-order valence-electron chi connectivity index (χ2n) is 4.71. The van der Waals surface area contributed by atoms with E-state index in [4.69, 9.17) is 0 Å². The van der Waals surface area contributed by atoms with E-state index in [0.717, 1.165) is 30.5 Å². The van der Waals surface area contributed by atoms with Crippen molar-refractivity contribution in [1.29, 1.82) is 0 Å². The van der Waals surface area contributed by atoms with E-state index in [2.05, 4.69) is 32.7 Å². The predicted molar refractivity (Wildman–Crippen MR) is 97.0 cm³/mol. The van der Waals surface area contributed by atoms with Crippen LogP contribution in [0.4, 0.5) is 0 Å². The van der Waals surface area contributed by atoms with Gasteiger partial charge < -0.3 is 0 Å². The van der Waals surface area contributed by atoms with Gasteiger partial charge in [-0.3, -0.25) is 0 Å². The van der Waals surface area contributed by atoms with Crippen LogP contribution in [0.5, 0.6) is 0 Å². The Hall–Kier alpha value is -2.02. The molecule has 0 N–H and O–H groups in total. The second-order valence-corrected chi connectivity index (χ2v) is 8.04. The maximum absolute atomic E-state index is 4.68. The van der Waals surface area contributed by atoms with Gasteiger partial charge in [0.25, 0.3) is 0 Å². The van der Waals surface area contributed by atoms with E-state index < -0.39 is 0 Å². The Kier molecular flexibility index (Phi) is 4.19. The number of hydrogen-bond acceptors (Lipinski definition) is 6. The van der Waals surface area contributed by atoms with Crippen molar-refractivity contribution < 1.29 is 0 Å². The summed E-state index contributed by atoms with van der Waals surface area (Å²) < 4.78 is 1.90. The molecule has 6 heteroatoms. The normalized spacial score (nSPS) is 10.8. The second kappa shape index (κ2) is 6.62. The van der Waals surface area contributed by atoms with Crippen molar-refractivity contribution >= 4 is 34.4 Å². The summed E-state index contributed by atoms with van der Waals surface area (Å²) >= 11 is 4.80. The van der Waals surface area contributed by atoms with Crippen LogP contribution in [0.2, 0.25) is 0 Å². The molecule has 0 aliphatic rings. The number of thiazole rings is 1. The standard InChI is InChI=1S/C17H11N3S3/c1-3-7-12(8-4-1)14-11-21-16(18-14)23-17-20-19-15(22-17)13-9-5-2-6-10-13/h1-11H. The van der Waals surface area contributed by atoms with Crippen LogP contribution in [0.15, 0.2) is 74.7 Å². The van der Waals surface area contributed by atoms with Crippen molar-refractivity contribution in [1.82, 2.24) is 15.2 Å². The Morgan fingerprint density at radius 3 is 2.17 bits per heavy atom. The monoisotopic (exact) mass is 353 g/mol. The van der Waals surface area contributed by atoms with Gasteiger partial charge in [0.15, 0.2) is 8.68 Å². The molecule has 0 unspecified atom stereocenters. The molecule has 112 valence electrons. The SMILES string of the molecule is c1ccc(-c2csc(Sc3nnc(-c4ccccc4)s3)n2)cc1. The largest absolute Gasteiger partial charge is 0.229 e. The van der Waals surface area contributed by atoms with Crippen molar-refractivity contribution in [2.24, 2.45) is 0 Å². The van der Waals surface area contributed by atoms with Gasteiger partial charge in [-0.25, -0.2) is 4.98 Å². The van der Waals surface area contributed by atoms with E-state index in [0.29, 0.717) is 0 Å². The van der Waals surface area contributed by atoms with Crippen LogP contribution in [0.25, 0.3) is 21.8 Å². The lowest BCUT2D eigenvalue weighted by molar-refractivity contribution is 1.01. The lowest BCUT2D eigenvalue weighted by atomic mass is 10.2. The van der Waals surface area contributed by atoms with Gasteiger partial charge in [-0.05, 0) is 11.8 Å². The predicted octanol–water partition coefficient (Wildman–Crippen LogP) is 5.48. The van der Waals surface area contributed by atoms with Crippen LogP contribution in [0, 0.1) is 0 Å². The highest BCUT2D eigenvalue weighted by molar-refractivity contribution is 8.02. The molecule has 0 atom stereocenters. The van der Waals surface area contributed by atoms with Gasteiger partial charge in [0.05, 0.1) is 5.69 Å². The Morgan fingerprint density at radius 2 is 1.43 bits per heavy atom. The highest BCUT2D eigenvalue weighted by Gasteiger charge is 2.11. The molecule has 0 aliphatic heterocycles. The van der Waals surface area contributed by atoms with Crippen LogP contribution < -0.4 is 0 Å². The third-order valence-corrected chi connectivity index (χ3v) is 6.12. The number of benzene rings is 2. The zero-order chi connectivity index (χ0) is 15.5. The van der Waals surface area contributed by atoms with Crippen LogP contribution in [0.3, 0.4) is 0 Å². The molecular weight excluding hydrogens is 342 g/mol. The minimum atomic E-state index is 0.915. The third kappa shape index (κ3) is 3.34. The molecule has 0 spiro atoms. The summed E-state index contributed by atoms with van der Waals surface area (Å²) in [6.07, 6.45) is 0. The van der Waals surface area contributed by atoms with Crippen LogP contribution in [-0.4, -0.2) is 15.2 Å². The zero-order valence-electron chi connectivity index (χ0n) is 11.9. The van der Waals surface area contributed by atoms with E-state index in [1.165, 1.54) is 0 Å². The topological polar surface area (TPSA) is 38.7 Å². The van der Waals surface area contributed by atoms with Crippen molar-refractivity contribution in [3.8, 4) is 21.8 Å². The van der Waals surface area contributed by atoms with E-state index in [-0.39, 0.29) is 0 Å². The van der Waals surface area contributed by atoms with E-state index in [1.807, 2.05) is 48.5 Å². The average molecular weight is 353 g/mol. The van der Waals surface area contributed by atoms with Gasteiger partial charge in [0.2, 0.25) is 0 Å². The first-order chi connectivity index (χ1) is 11.4. The molecule has 4 rings (SSSR count). The highest BCUT2D eigenvalue weighted by Crippen LogP contribution is 2.36. The lowest BCUT2D eigenvalue weighted by Crippen LogP contribution is -1.77. The Morgan fingerprint density at radius 1 is 0.739 bits per heavy atom. The van der Waals surface area contributed by atoms with Crippen LogP contribution in [-0.2, 0) is 0 Å². The number of rotatable bonds is 4. The molecule has 3 nitrogen and oxygen atoms in total. The molecule has 0 saturated heterocycles. The minimum Gasteiger partial charge on any atom is -0.229 e. The summed E-state index contributed by atoms with van der Waals surface area (Å²) in [6, 6.07) is 20.3. The number of aromatic nitrogens is 3. The Balaban J connectivity index is 1.53. The van der Waals surface area contributed by atoms with Crippen molar-refractivity contribution in [3.63, 3.8) is 0 Å². The molecule has 2 aromatic heterocycles. The van der Waals surface area contributed by atoms with Gasteiger partial charge in [0.1, 0.15) is 5.01 Å². The van der Waals surface area contributed by atoms with E-state index in [9.17, 15) is 0 Å². The quantitative estimate of drug-likeness (QED) is 0.487. The molecule has 23 heavy (non-hydrogen) atoms. The smallest absolute Gasteiger partial charge is 0.181 e. The van der Waals surface area contributed by atoms with Gasteiger partial charge in [-0.1, -0.05) is 72.0 Å². The summed E-state index contributed by atoms with van der Waals surface area (Å²) in [5, 5.41) is 11.6. The van der Waals surface area contributed by atoms with E-state index in [1.54, 1.807) is 34.4 Å². The van der Waals surface area contributed by atoms with Crippen molar-refractivity contribution in [3.05, 3.63) is 66.0 Å². The van der Waals surface area contributed by atoms with Gasteiger partial charge in [0, 0.05) is 16.5 Å². The summed E-state index contributed by atoms with van der Waals surface area (Å²) in [6.45, 7) is 0. The molecule has 0 aliphatic carbocycles. The fraction of sp³-hybridized carbons (Fsp3) is 0. The van der Waals surface area contributed by atoms with E-state index >= 15 is 0 Å². The molecule has 2 aromatic carbocycles. The first-order valence-electron chi connectivity index (χ1n) is 6.96. The van der Waals surface area contributed by atoms with Crippen LogP contribution in [0.1, 0.15) is 0 Å². The Bertz CT molecular complexity index is 825. The summed E-state index contributed by atoms with van der Waals surface area (Å²) in [7, 11) is 0. The van der Waals surface area contributed by atoms with Gasteiger partial charge in [-0.2, -0.15) is 0 Å². The molecular formula is C17H11N3S3. The van der Waals surface area contributed by atoms with Gasteiger partial charge in [-0.15, -0.1) is 21.5 Å². The highest BCUT2D eigenvalue weighted by atomic mass is 32.2. The summed E-state index contributed by atoms with van der Waals surface area (Å²) in [4.78, 5) is 4.68. The lowest BCUT2D eigenvalue weighted by Gasteiger charge is -1.94. The first kappa shape index (κ1) is 14.6. The summed E-state index contributed by atoms with van der Waals surface area (Å²) in [5.41, 5.74) is 3.24.